The highest BCUT2D eigenvalue weighted by molar-refractivity contribution is 8.00. The van der Waals surface area contributed by atoms with Crippen LogP contribution < -0.4 is 5.32 Å². The van der Waals surface area contributed by atoms with Crippen molar-refractivity contribution in [1.82, 2.24) is 0 Å². The molecule has 0 radical (unpaired) electrons. The topological polar surface area (TPSA) is 29.1 Å². The summed E-state index contributed by atoms with van der Waals surface area (Å²) in [6, 6.07) is 11.5. The Kier molecular flexibility index (Phi) is 5.27. The number of benzene rings is 2. The third-order valence-electron chi connectivity index (χ3n) is 2.65. The molecule has 0 aliphatic carbocycles. The maximum Gasteiger partial charge on any atom is 0.265 e. The zero-order valence-electron chi connectivity index (χ0n) is 10.9. The molecule has 0 fully saturated rings. The fourth-order valence-electron chi connectivity index (χ4n) is 1.67. The molecule has 0 bridgehead atoms. The van der Waals surface area contributed by atoms with Gasteiger partial charge in [0.05, 0.1) is 5.75 Å². The Labute approximate surface area is 124 Å². The maximum atomic E-state index is 12.8. The van der Waals surface area contributed by atoms with Gasteiger partial charge in [-0.05, 0) is 30.3 Å². The van der Waals surface area contributed by atoms with E-state index in [0.29, 0.717) is 0 Å². The first-order valence-electron chi connectivity index (χ1n) is 6.11. The van der Waals surface area contributed by atoms with Gasteiger partial charge in [-0.1, -0.05) is 18.2 Å². The molecular weight excluding hydrogens is 299 g/mol. The number of thioether (sulfide) groups is 1. The minimum Gasteiger partial charge on any atom is -0.325 e. The molecule has 0 atom stereocenters. The minimum atomic E-state index is -2.65. The van der Waals surface area contributed by atoms with E-state index in [1.54, 1.807) is 18.2 Å². The molecule has 2 rings (SSSR count). The second-order valence-corrected chi connectivity index (χ2v) is 5.23. The van der Waals surface area contributed by atoms with Crippen LogP contribution in [0.25, 0.3) is 0 Å². The number of hydrogen-bond donors (Lipinski definition) is 1. The van der Waals surface area contributed by atoms with Crippen LogP contribution in [0, 0.1) is 5.82 Å². The molecule has 0 heterocycles. The highest BCUT2D eigenvalue weighted by Gasteiger charge is 2.14. The summed E-state index contributed by atoms with van der Waals surface area (Å²) in [5.41, 5.74) is -0.102. The lowest BCUT2D eigenvalue weighted by molar-refractivity contribution is -0.113. The second-order valence-electron chi connectivity index (χ2n) is 4.18. The van der Waals surface area contributed by atoms with Gasteiger partial charge < -0.3 is 5.32 Å². The molecule has 0 unspecified atom stereocenters. The maximum absolute atomic E-state index is 12.8. The number of carbonyl (C=O) groups is 1. The standard InChI is InChI=1S/C15H12F3NOS/c16-10-5-7-11(8-6-10)21-9-14(20)19-13-4-2-1-3-12(13)15(17)18/h1-8,15H,9H2,(H,19,20). The van der Waals surface area contributed by atoms with Gasteiger partial charge in [-0.3, -0.25) is 4.79 Å². The Morgan fingerprint density at radius 2 is 1.76 bits per heavy atom. The lowest BCUT2D eigenvalue weighted by Gasteiger charge is -2.10. The third-order valence-corrected chi connectivity index (χ3v) is 3.67. The molecule has 0 aliphatic heterocycles. The number of anilines is 1. The Morgan fingerprint density at radius 1 is 1.10 bits per heavy atom. The van der Waals surface area contributed by atoms with Gasteiger partial charge in [0.25, 0.3) is 6.43 Å². The van der Waals surface area contributed by atoms with Crippen LogP contribution >= 0.6 is 11.8 Å². The zero-order valence-corrected chi connectivity index (χ0v) is 11.7. The van der Waals surface area contributed by atoms with Gasteiger partial charge in [-0.2, -0.15) is 0 Å². The van der Waals surface area contributed by atoms with Crippen molar-refractivity contribution in [2.45, 2.75) is 11.3 Å². The number of alkyl halides is 2. The Bertz CT molecular complexity index is 617. The van der Waals surface area contributed by atoms with Crippen molar-refractivity contribution in [3.8, 4) is 0 Å². The normalized spacial score (nSPS) is 10.7. The summed E-state index contributed by atoms with van der Waals surface area (Å²) < 4.78 is 38.3. The first kappa shape index (κ1) is 15.4. The molecule has 0 saturated carbocycles. The lowest BCUT2D eigenvalue weighted by Crippen LogP contribution is -2.15. The van der Waals surface area contributed by atoms with E-state index >= 15 is 0 Å². The summed E-state index contributed by atoms with van der Waals surface area (Å²) in [7, 11) is 0. The number of amides is 1. The average Bonchev–Trinajstić information content (AvgIpc) is 2.47. The van der Waals surface area contributed by atoms with Crippen LogP contribution in [0.2, 0.25) is 0 Å². The van der Waals surface area contributed by atoms with E-state index in [-0.39, 0.29) is 22.8 Å². The zero-order chi connectivity index (χ0) is 15.2. The summed E-state index contributed by atoms with van der Waals surface area (Å²) >= 11 is 1.20. The van der Waals surface area contributed by atoms with Crippen molar-refractivity contribution >= 4 is 23.4 Å². The summed E-state index contributed by atoms with van der Waals surface area (Å²) in [5, 5.41) is 2.46. The highest BCUT2D eigenvalue weighted by atomic mass is 32.2. The first-order valence-corrected chi connectivity index (χ1v) is 7.10. The summed E-state index contributed by atoms with van der Waals surface area (Å²) in [6.07, 6.45) is -2.65. The molecular formula is C15H12F3NOS. The molecule has 0 saturated heterocycles. The number of hydrogen-bond acceptors (Lipinski definition) is 2. The van der Waals surface area contributed by atoms with Crippen molar-refractivity contribution in [1.29, 1.82) is 0 Å². The van der Waals surface area contributed by atoms with E-state index in [0.717, 1.165) is 4.90 Å². The number of nitrogens with one attached hydrogen (secondary N) is 1. The largest absolute Gasteiger partial charge is 0.325 e. The number of rotatable bonds is 5. The van der Waals surface area contributed by atoms with Crippen LogP contribution in [0.15, 0.2) is 53.4 Å². The van der Waals surface area contributed by atoms with Gasteiger partial charge in [0.2, 0.25) is 5.91 Å². The van der Waals surface area contributed by atoms with Crippen molar-refractivity contribution in [2.24, 2.45) is 0 Å². The third kappa shape index (κ3) is 4.53. The monoisotopic (exact) mass is 311 g/mol. The Morgan fingerprint density at radius 3 is 2.43 bits per heavy atom. The molecule has 1 amide bonds. The van der Waals surface area contributed by atoms with E-state index in [1.807, 2.05) is 0 Å². The lowest BCUT2D eigenvalue weighted by atomic mass is 10.2. The van der Waals surface area contributed by atoms with Gasteiger partial charge >= 0.3 is 0 Å². The molecule has 1 N–H and O–H groups in total. The number of carbonyl (C=O) groups excluding carboxylic acids is 1. The molecule has 0 spiro atoms. The van der Waals surface area contributed by atoms with Crippen LogP contribution in [0.4, 0.5) is 18.9 Å². The molecule has 2 aromatic carbocycles. The van der Waals surface area contributed by atoms with Crippen LogP contribution in [-0.2, 0) is 4.79 Å². The summed E-state index contributed by atoms with van der Waals surface area (Å²) in [6.45, 7) is 0. The Balaban J connectivity index is 1.94. The fraction of sp³-hybridized carbons (Fsp3) is 0.133. The molecule has 21 heavy (non-hydrogen) atoms. The molecule has 2 nitrogen and oxygen atoms in total. The van der Waals surface area contributed by atoms with Gasteiger partial charge in [-0.25, -0.2) is 13.2 Å². The van der Waals surface area contributed by atoms with Crippen LogP contribution in [0.1, 0.15) is 12.0 Å². The van der Waals surface area contributed by atoms with Gasteiger partial charge in [0, 0.05) is 16.1 Å². The van der Waals surface area contributed by atoms with E-state index in [4.69, 9.17) is 0 Å². The molecule has 0 aliphatic rings. The molecule has 2 aromatic rings. The van der Waals surface area contributed by atoms with E-state index in [9.17, 15) is 18.0 Å². The summed E-state index contributed by atoms with van der Waals surface area (Å²) in [5.74, 6) is -0.685. The first-order chi connectivity index (χ1) is 10.1. The quantitative estimate of drug-likeness (QED) is 0.824. The van der Waals surface area contributed by atoms with E-state index in [1.165, 1.54) is 42.1 Å². The Hall–Kier alpha value is -1.95. The van der Waals surface area contributed by atoms with E-state index in [2.05, 4.69) is 5.32 Å². The van der Waals surface area contributed by atoms with Crippen molar-refractivity contribution in [2.75, 3.05) is 11.1 Å². The second kappa shape index (κ2) is 7.17. The number of para-hydroxylation sites is 1. The molecule has 110 valence electrons. The molecule has 6 heteroatoms. The highest BCUT2D eigenvalue weighted by Crippen LogP contribution is 2.27. The van der Waals surface area contributed by atoms with Gasteiger partial charge in [0.15, 0.2) is 0 Å². The van der Waals surface area contributed by atoms with Crippen molar-refractivity contribution < 1.29 is 18.0 Å². The predicted octanol–water partition coefficient (Wildman–Crippen LogP) is 4.49. The van der Waals surface area contributed by atoms with Crippen molar-refractivity contribution in [3.63, 3.8) is 0 Å². The van der Waals surface area contributed by atoms with Crippen LogP contribution in [0.5, 0.6) is 0 Å². The SMILES string of the molecule is O=C(CSc1ccc(F)cc1)Nc1ccccc1C(F)F. The minimum absolute atomic E-state index is 0.0587. The van der Waals surface area contributed by atoms with E-state index < -0.39 is 12.3 Å². The predicted molar refractivity (Wildman–Crippen MR) is 77.2 cm³/mol. The van der Waals surface area contributed by atoms with Crippen LogP contribution in [0.3, 0.4) is 0 Å². The molecule has 0 aromatic heterocycles. The van der Waals surface area contributed by atoms with Gasteiger partial charge in [-0.15, -0.1) is 11.8 Å². The van der Waals surface area contributed by atoms with Crippen molar-refractivity contribution in [3.05, 3.63) is 59.9 Å². The number of halogens is 3. The van der Waals surface area contributed by atoms with Crippen LogP contribution in [-0.4, -0.2) is 11.7 Å². The fourth-order valence-corrected chi connectivity index (χ4v) is 2.37. The summed E-state index contributed by atoms with van der Waals surface area (Å²) in [4.78, 5) is 12.5. The average molecular weight is 311 g/mol. The van der Waals surface area contributed by atoms with Gasteiger partial charge in [0.1, 0.15) is 5.82 Å². The smallest absolute Gasteiger partial charge is 0.265 e.